The number of nitrogens with zero attached hydrogens (tertiary/aromatic N) is 4. The molecular formula is C25H22N6O2. The highest BCUT2D eigenvalue weighted by Gasteiger charge is 2.22. The molecule has 4 heterocycles. The lowest BCUT2D eigenvalue weighted by Crippen LogP contribution is -2.18. The maximum absolute atomic E-state index is 5.86. The van der Waals surface area contributed by atoms with Crippen LogP contribution in [0.1, 0.15) is 5.69 Å². The summed E-state index contributed by atoms with van der Waals surface area (Å²) < 4.78 is 13.8. The molecular weight excluding hydrogens is 416 g/mol. The first kappa shape index (κ1) is 19.4. The summed E-state index contributed by atoms with van der Waals surface area (Å²) in [5, 5.41) is 11.4. The minimum absolute atomic E-state index is 0.451. The first-order chi connectivity index (χ1) is 16.2. The van der Waals surface area contributed by atoms with Crippen LogP contribution in [-0.4, -0.2) is 37.9 Å². The van der Waals surface area contributed by atoms with Crippen molar-refractivity contribution in [3.05, 3.63) is 66.6 Å². The number of ether oxygens (including phenoxy) is 2. The maximum Gasteiger partial charge on any atom is 0.263 e. The summed E-state index contributed by atoms with van der Waals surface area (Å²) in [7, 11) is 2.06. The number of anilines is 2. The smallest absolute Gasteiger partial charge is 0.263 e. The lowest BCUT2D eigenvalue weighted by atomic mass is 10.1. The molecule has 0 spiro atoms. The molecule has 0 saturated heterocycles. The Morgan fingerprint density at radius 3 is 2.58 bits per heavy atom. The number of hydrogen-bond donors (Lipinski definition) is 2. The van der Waals surface area contributed by atoms with Crippen molar-refractivity contribution in [2.75, 3.05) is 18.5 Å². The van der Waals surface area contributed by atoms with Crippen LogP contribution in [-0.2, 0) is 7.05 Å². The van der Waals surface area contributed by atoms with E-state index in [-0.39, 0.29) is 0 Å². The van der Waals surface area contributed by atoms with Gasteiger partial charge in [-0.15, -0.1) is 0 Å². The zero-order valence-corrected chi connectivity index (χ0v) is 18.3. The van der Waals surface area contributed by atoms with E-state index in [2.05, 4.69) is 57.2 Å². The lowest BCUT2D eigenvalue weighted by Gasteiger charge is -2.21. The van der Waals surface area contributed by atoms with Crippen molar-refractivity contribution >= 4 is 22.4 Å². The molecule has 2 aromatic carbocycles. The third-order valence-electron chi connectivity index (χ3n) is 5.93. The van der Waals surface area contributed by atoms with Gasteiger partial charge in [0.15, 0.2) is 11.6 Å². The van der Waals surface area contributed by atoms with Crippen molar-refractivity contribution in [3.8, 4) is 34.1 Å². The molecule has 164 valence electrons. The summed E-state index contributed by atoms with van der Waals surface area (Å²) in [6, 6.07) is 16.5. The Bertz CT molecular complexity index is 1460. The second kappa shape index (κ2) is 7.67. The average molecular weight is 438 g/mol. The topological polar surface area (TPSA) is 89.9 Å². The third kappa shape index (κ3) is 3.45. The van der Waals surface area contributed by atoms with Gasteiger partial charge in [0, 0.05) is 41.3 Å². The molecule has 6 rings (SSSR count). The fourth-order valence-corrected chi connectivity index (χ4v) is 4.05. The van der Waals surface area contributed by atoms with Crippen molar-refractivity contribution in [1.82, 2.24) is 24.7 Å². The summed E-state index contributed by atoms with van der Waals surface area (Å²) in [5.74, 6) is 2.14. The molecule has 8 nitrogen and oxygen atoms in total. The molecule has 0 atom stereocenters. The van der Waals surface area contributed by atoms with Crippen LogP contribution in [0.5, 0.6) is 11.6 Å². The summed E-state index contributed by atoms with van der Waals surface area (Å²) in [6.45, 7) is 3.01. The SMILES string of the molecule is Cc1cc2ccc(-c3nc(Nc4ccc(-c5cn[nH]c5)cc4)c4c(n3)OCCO4)cc2n1C. The fraction of sp³-hybridized carbons (Fsp3) is 0.160. The highest BCUT2D eigenvalue weighted by Crippen LogP contribution is 2.38. The van der Waals surface area contributed by atoms with Crippen LogP contribution in [0.2, 0.25) is 0 Å². The Morgan fingerprint density at radius 2 is 1.76 bits per heavy atom. The third-order valence-corrected chi connectivity index (χ3v) is 5.93. The van der Waals surface area contributed by atoms with Gasteiger partial charge in [0.25, 0.3) is 5.88 Å². The number of aromatic amines is 1. The number of benzene rings is 2. The second-order valence-electron chi connectivity index (χ2n) is 8.03. The second-order valence-corrected chi connectivity index (χ2v) is 8.03. The molecule has 0 amide bonds. The number of aromatic nitrogens is 5. The van der Waals surface area contributed by atoms with Crippen LogP contribution in [0.15, 0.2) is 60.9 Å². The Labute approximate surface area is 190 Å². The van der Waals surface area contributed by atoms with Gasteiger partial charge >= 0.3 is 0 Å². The quantitative estimate of drug-likeness (QED) is 0.417. The fourth-order valence-electron chi connectivity index (χ4n) is 4.05. The van der Waals surface area contributed by atoms with Crippen molar-refractivity contribution in [2.45, 2.75) is 6.92 Å². The minimum Gasteiger partial charge on any atom is -0.482 e. The molecule has 0 bridgehead atoms. The van der Waals surface area contributed by atoms with Gasteiger partial charge in [-0.1, -0.05) is 24.3 Å². The van der Waals surface area contributed by atoms with E-state index < -0.39 is 0 Å². The average Bonchev–Trinajstić information content (AvgIpc) is 3.48. The first-order valence-corrected chi connectivity index (χ1v) is 10.8. The number of nitrogens with one attached hydrogen (secondary N) is 2. The van der Waals surface area contributed by atoms with Crippen LogP contribution in [0.4, 0.5) is 11.5 Å². The molecule has 0 radical (unpaired) electrons. The number of fused-ring (bicyclic) bond motifs is 2. The van der Waals surface area contributed by atoms with Gasteiger partial charge in [-0.3, -0.25) is 5.10 Å². The lowest BCUT2D eigenvalue weighted by molar-refractivity contribution is 0.165. The molecule has 2 N–H and O–H groups in total. The van der Waals surface area contributed by atoms with Crippen LogP contribution in [0, 0.1) is 6.92 Å². The number of H-pyrrole nitrogens is 1. The van der Waals surface area contributed by atoms with Gasteiger partial charge in [0.1, 0.15) is 13.2 Å². The molecule has 0 unspecified atom stereocenters. The van der Waals surface area contributed by atoms with E-state index in [0.29, 0.717) is 36.5 Å². The molecule has 8 heteroatoms. The minimum atomic E-state index is 0.451. The van der Waals surface area contributed by atoms with Gasteiger partial charge in [-0.2, -0.15) is 10.1 Å². The summed E-state index contributed by atoms with van der Waals surface area (Å²) >= 11 is 0. The van der Waals surface area contributed by atoms with Crippen LogP contribution in [0.3, 0.4) is 0 Å². The zero-order chi connectivity index (χ0) is 22.4. The van der Waals surface area contributed by atoms with E-state index in [0.717, 1.165) is 27.9 Å². The van der Waals surface area contributed by atoms with E-state index in [1.54, 1.807) is 6.20 Å². The largest absolute Gasteiger partial charge is 0.482 e. The van der Waals surface area contributed by atoms with Gasteiger partial charge < -0.3 is 19.4 Å². The van der Waals surface area contributed by atoms with E-state index in [4.69, 9.17) is 14.5 Å². The molecule has 0 fully saturated rings. The van der Waals surface area contributed by atoms with E-state index in [1.807, 2.05) is 36.5 Å². The van der Waals surface area contributed by atoms with Gasteiger partial charge in [-0.25, -0.2) is 4.98 Å². The molecule has 0 saturated carbocycles. The van der Waals surface area contributed by atoms with Crippen LogP contribution < -0.4 is 14.8 Å². The van der Waals surface area contributed by atoms with Gasteiger partial charge in [-0.05, 0) is 42.1 Å². The number of rotatable bonds is 4. The number of aryl methyl sites for hydroxylation is 2. The van der Waals surface area contributed by atoms with Crippen molar-refractivity contribution in [3.63, 3.8) is 0 Å². The summed E-state index contributed by atoms with van der Waals surface area (Å²) in [5.41, 5.74) is 6.24. The van der Waals surface area contributed by atoms with Crippen LogP contribution in [0.25, 0.3) is 33.4 Å². The Kier molecular flexibility index (Phi) is 4.50. The van der Waals surface area contributed by atoms with Gasteiger partial charge in [0.2, 0.25) is 5.75 Å². The molecule has 0 aliphatic carbocycles. The van der Waals surface area contributed by atoms with Crippen LogP contribution >= 0.6 is 0 Å². The summed E-state index contributed by atoms with van der Waals surface area (Å²) in [6.07, 6.45) is 3.66. The number of hydrogen-bond acceptors (Lipinski definition) is 6. The molecule has 33 heavy (non-hydrogen) atoms. The van der Waals surface area contributed by atoms with Crippen molar-refractivity contribution in [2.24, 2.45) is 7.05 Å². The molecule has 1 aliphatic rings. The van der Waals surface area contributed by atoms with E-state index >= 15 is 0 Å². The predicted octanol–water partition coefficient (Wildman–Crippen LogP) is 4.85. The highest BCUT2D eigenvalue weighted by atomic mass is 16.6. The predicted molar refractivity (Wildman–Crippen MR) is 127 cm³/mol. The molecule has 3 aromatic heterocycles. The van der Waals surface area contributed by atoms with E-state index in [9.17, 15) is 0 Å². The van der Waals surface area contributed by atoms with E-state index in [1.165, 1.54) is 11.1 Å². The Morgan fingerprint density at radius 1 is 0.939 bits per heavy atom. The monoisotopic (exact) mass is 438 g/mol. The Hall–Kier alpha value is -4.33. The highest BCUT2D eigenvalue weighted by molar-refractivity contribution is 5.85. The van der Waals surface area contributed by atoms with Crippen molar-refractivity contribution < 1.29 is 9.47 Å². The Balaban J connectivity index is 1.39. The standard InChI is InChI=1S/C25H22N6O2/c1-15-11-17-3-4-18(12-21(17)31(15)2)23-29-24(22-25(30-23)33-10-9-32-22)28-20-7-5-16(6-8-20)19-13-26-27-14-19/h3-8,11-14H,9-10H2,1-2H3,(H,26,27)(H,28,29,30). The molecule has 5 aromatic rings. The van der Waals surface area contributed by atoms with Crippen molar-refractivity contribution in [1.29, 1.82) is 0 Å². The summed E-state index contributed by atoms with van der Waals surface area (Å²) in [4.78, 5) is 9.47. The normalized spacial score (nSPS) is 12.8. The zero-order valence-electron chi connectivity index (χ0n) is 18.3. The first-order valence-electron chi connectivity index (χ1n) is 10.8. The van der Waals surface area contributed by atoms with Gasteiger partial charge in [0.05, 0.1) is 6.20 Å². The molecule has 1 aliphatic heterocycles. The maximum atomic E-state index is 5.86.